The van der Waals surface area contributed by atoms with E-state index in [0.717, 1.165) is 53.1 Å². The van der Waals surface area contributed by atoms with Gasteiger partial charge in [0.15, 0.2) is 0 Å². The van der Waals surface area contributed by atoms with E-state index < -0.39 is 0 Å². The van der Waals surface area contributed by atoms with Crippen LogP contribution in [0.3, 0.4) is 0 Å². The van der Waals surface area contributed by atoms with Gasteiger partial charge in [-0.1, -0.05) is 22.0 Å². The Morgan fingerprint density at radius 1 is 1.11 bits per heavy atom. The largest absolute Gasteiger partial charge is 0.379 e. The molecule has 1 saturated carbocycles. The summed E-state index contributed by atoms with van der Waals surface area (Å²) in [5, 5.41) is 5.97. The van der Waals surface area contributed by atoms with E-state index in [2.05, 4.69) is 59.3 Å². The second-order valence-electron chi connectivity index (χ2n) is 7.56. The number of halogens is 1. The van der Waals surface area contributed by atoms with Gasteiger partial charge in [0.2, 0.25) is 0 Å². The molecule has 1 aliphatic heterocycles. The molecule has 2 aromatic heterocycles. The van der Waals surface area contributed by atoms with Crippen LogP contribution in [-0.4, -0.2) is 58.2 Å². The lowest BCUT2D eigenvalue weighted by atomic mass is 9.90. The summed E-state index contributed by atoms with van der Waals surface area (Å²) in [4.78, 5) is 15.0. The Labute approximate surface area is 166 Å². The van der Waals surface area contributed by atoms with Crippen molar-refractivity contribution >= 4 is 43.7 Å². The molecule has 0 bridgehead atoms. The van der Waals surface area contributed by atoms with Crippen LogP contribution in [0.5, 0.6) is 0 Å². The lowest BCUT2D eigenvalue weighted by molar-refractivity contribution is 0.00791. The van der Waals surface area contributed by atoms with Gasteiger partial charge in [-0.2, -0.15) is 0 Å². The Kier molecular flexibility index (Phi) is 4.75. The minimum absolute atomic E-state index is 0.473. The lowest BCUT2D eigenvalue weighted by Gasteiger charge is -2.39. The van der Waals surface area contributed by atoms with Crippen molar-refractivity contribution in [1.29, 1.82) is 0 Å². The van der Waals surface area contributed by atoms with E-state index in [1.165, 1.54) is 31.1 Å². The summed E-state index contributed by atoms with van der Waals surface area (Å²) in [6.45, 7) is 3.93. The molecule has 142 valence electrons. The minimum atomic E-state index is 0.473. The van der Waals surface area contributed by atoms with Crippen molar-refractivity contribution in [3.63, 3.8) is 0 Å². The number of anilines is 1. The summed E-state index contributed by atoms with van der Waals surface area (Å²) in [6, 6.07) is 7.47. The SMILES string of the molecule is Brc1ccc2c(c1)[nH]c1ncnc(N[C@H]3CC[C@H](N4CCOCC4)CC3)c12. The van der Waals surface area contributed by atoms with Gasteiger partial charge in [-0.3, -0.25) is 4.90 Å². The average Bonchev–Trinajstić information content (AvgIpc) is 3.07. The average molecular weight is 430 g/mol. The van der Waals surface area contributed by atoms with E-state index in [1.54, 1.807) is 6.33 Å². The van der Waals surface area contributed by atoms with E-state index in [4.69, 9.17) is 4.74 Å². The molecule has 0 radical (unpaired) electrons. The smallest absolute Gasteiger partial charge is 0.143 e. The molecular weight excluding hydrogens is 406 g/mol. The van der Waals surface area contributed by atoms with Gasteiger partial charge in [-0.05, 0) is 37.8 Å². The van der Waals surface area contributed by atoms with Gasteiger partial charge in [0.25, 0.3) is 0 Å². The molecule has 0 atom stereocenters. The molecule has 2 aliphatic rings. The zero-order valence-electron chi connectivity index (χ0n) is 15.2. The number of aromatic amines is 1. The van der Waals surface area contributed by atoms with E-state index in [-0.39, 0.29) is 0 Å². The number of nitrogens with zero attached hydrogens (tertiary/aromatic N) is 3. The van der Waals surface area contributed by atoms with Crippen LogP contribution in [0.4, 0.5) is 5.82 Å². The van der Waals surface area contributed by atoms with E-state index in [0.29, 0.717) is 12.1 Å². The van der Waals surface area contributed by atoms with Gasteiger partial charge in [0.05, 0.1) is 18.6 Å². The molecule has 1 aromatic carbocycles. The third-order valence-electron chi connectivity index (χ3n) is 5.95. The van der Waals surface area contributed by atoms with Crippen molar-refractivity contribution < 1.29 is 4.74 Å². The van der Waals surface area contributed by atoms with Crippen molar-refractivity contribution in [2.75, 3.05) is 31.6 Å². The summed E-state index contributed by atoms with van der Waals surface area (Å²) < 4.78 is 6.55. The molecule has 3 aromatic rings. The predicted octanol–water partition coefficient (Wildman–Crippen LogP) is 3.93. The molecular formula is C20H24BrN5O. The molecule has 6 nitrogen and oxygen atoms in total. The van der Waals surface area contributed by atoms with Crippen molar-refractivity contribution in [2.45, 2.75) is 37.8 Å². The zero-order valence-corrected chi connectivity index (χ0v) is 16.8. The van der Waals surface area contributed by atoms with Crippen LogP contribution in [0.2, 0.25) is 0 Å². The molecule has 1 saturated heterocycles. The number of hydrogen-bond donors (Lipinski definition) is 2. The van der Waals surface area contributed by atoms with Crippen molar-refractivity contribution in [3.05, 3.63) is 29.0 Å². The Bertz CT molecular complexity index is 944. The maximum Gasteiger partial charge on any atom is 0.143 e. The minimum Gasteiger partial charge on any atom is -0.379 e. The molecule has 27 heavy (non-hydrogen) atoms. The standard InChI is InChI=1S/C20H24BrN5O/c21-13-1-6-16-17(11-13)25-20-18(16)19(22-12-23-20)24-14-2-4-15(5-3-14)26-7-9-27-10-8-26/h1,6,11-12,14-15H,2-5,7-10H2,(H2,22,23,24,25)/t14-,15-. The molecule has 5 rings (SSSR count). The maximum absolute atomic E-state index is 5.49. The summed E-state index contributed by atoms with van der Waals surface area (Å²) in [5.74, 6) is 0.948. The van der Waals surface area contributed by atoms with Crippen LogP contribution >= 0.6 is 15.9 Å². The van der Waals surface area contributed by atoms with Gasteiger partial charge in [-0.25, -0.2) is 9.97 Å². The molecule has 0 unspecified atom stereocenters. The topological polar surface area (TPSA) is 66.1 Å². The monoisotopic (exact) mass is 429 g/mol. The number of H-pyrrole nitrogens is 1. The van der Waals surface area contributed by atoms with E-state index >= 15 is 0 Å². The Hall–Kier alpha value is -1.70. The third-order valence-corrected chi connectivity index (χ3v) is 6.44. The van der Waals surface area contributed by atoms with Crippen LogP contribution < -0.4 is 5.32 Å². The summed E-state index contributed by atoms with van der Waals surface area (Å²) >= 11 is 3.54. The summed E-state index contributed by atoms with van der Waals surface area (Å²) in [5.41, 5.74) is 1.97. The molecule has 7 heteroatoms. The van der Waals surface area contributed by atoms with E-state index in [9.17, 15) is 0 Å². The maximum atomic E-state index is 5.49. The van der Waals surface area contributed by atoms with Crippen LogP contribution in [0.1, 0.15) is 25.7 Å². The first-order valence-corrected chi connectivity index (χ1v) is 10.6. The first kappa shape index (κ1) is 17.4. The van der Waals surface area contributed by atoms with Crippen LogP contribution in [0.25, 0.3) is 21.9 Å². The highest BCUT2D eigenvalue weighted by atomic mass is 79.9. The van der Waals surface area contributed by atoms with Gasteiger partial charge < -0.3 is 15.0 Å². The second-order valence-corrected chi connectivity index (χ2v) is 8.47. The number of benzene rings is 1. The Morgan fingerprint density at radius 3 is 2.74 bits per heavy atom. The van der Waals surface area contributed by atoms with Crippen molar-refractivity contribution in [3.8, 4) is 0 Å². The number of rotatable bonds is 3. The fraction of sp³-hybridized carbons (Fsp3) is 0.500. The number of fused-ring (bicyclic) bond motifs is 3. The molecule has 0 spiro atoms. The molecule has 1 aliphatic carbocycles. The fourth-order valence-corrected chi connectivity index (χ4v) is 4.89. The highest BCUT2D eigenvalue weighted by Crippen LogP contribution is 2.32. The molecule has 3 heterocycles. The van der Waals surface area contributed by atoms with Crippen LogP contribution in [-0.2, 0) is 4.74 Å². The van der Waals surface area contributed by atoms with Crippen LogP contribution in [0, 0.1) is 0 Å². The molecule has 2 fully saturated rings. The number of aromatic nitrogens is 3. The first-order chi connectivity index (χ1) is 13.3. The predicted molar refractivity (Wildman–Crippen MR) is 111 cm³/mol. The Balaban J connectivity index is 1.34. The Morgan fingerprint density at radius 2 is 1.93 bits per heavy atom. The highest BCUT2D eigenvalue weighted by molar-refractivity contribution is 9.10. The van der Waals surface area contributed by atoms with Gasteiger partial charge in [0, 0.05) is 40.5 Å². The normalized spacial score (nSPS) is 24.5. The quantitative estimate of drug-likeness (QED) is 0.659. The highest BCUT2D eigenvalue weighted by Gasteiger charge is 2.27. The molecule has 0 amide bonds. The number of ether oxygens (including phenoxy) is 1. The first-order valence-electron chi connectivity index (χ1n) is 9.78. The lowest BCUT2D eigenvalue weighted by Crippen LogP contribution is -2.46. The molecule has 2 N–H and O–H groups in total. The number of morpholine rings is 1. The second kappa shape index (κ2) is 7.37. The van der Waals surface area contributed by atoms with Gasteiger partial charge in [-0.15, -0.1) is 0 Å². The summed E-state index contributed by atoms with van der Waals surface area (Å²) in [6.07, 6.45) is 6.50. The summed E-state index contributed by atoms with van der Waals surface area (Å²) in [7, 11) is 0. The number of nitrogens with one attached hydrogen (secondary N) is 2. The third kappa shape index (κ3) is 3.44. The fourth-order valence-electron chi connectivity index (χ4n) is 4.53. The van der Waals surface area contributed by atoms with Gasteiger partial charge >= 0.3 is 0 Å². The van der Waals surface area contributed by atoms with E-state index in [1.807, 2.05) is 0 Å². The zero-order chi connectivity index (χ0) is 18.2. The number of hydrogen-bond acceptors (Lipinski definition) is 5. The van der Waals surface area contributed by atoms with Crippen LogP contribution in [0.15, 0.2) is 29.0 Å². The van der Waals surface area contributed by atoms with Crippen molar-refractivity contribution in [1.82, 2.24) is 19.9 Å². The van der Waals surface area contributed by atoms with Crippen molar-refractivity contribution in [2.24, 2.45) is 0 Å². The van der Waals surface area contributed by atoms with Gasteiger partial charge in [0.1, 0.15) is 17.8 Å².